The summed E-state index contributed by atoms with van der Waals surface area (Å²) < 4.78 is 13.4. The Morgan fingerprint density at radius 1 is 1.25 bits per heavy atom. The standard InChI is InChI=1S/C27H29ClFN5O2/c1-5-19(26(36)30-14-20-9-7-8-17(3)22(20)16-35)15-34(6-2)25-18(4)13-31-27(33-25)32-24-11-10-21(29)12-23(24)28/h6-13,15,35H,2,5,14,16H2,1,3-4H3,(H,30,36)(H,31,32,33)/b19-15+. The van der Waals surface area contributed by atoms with Gasteiger partial charge in [0.15, 0.2) is 0 Å². The van der Waals surface area contributed by atoms with Crippen LogP contribution in [0.3, 0.4) is 0 Å². The number of amides is 1. The minimum absolute atomic E-state index is 0.0922. The molecule has 0 atom stereocenters. The number of halogens is 2. The Balaban J connectivity index is 1.82. The fourth-order valence-electron chi connectivity index (χ4n) is 3.59. The van der Waals surface area contributed by atoms with Gasteiger partial charge in [-0.05, 0) is 55.2 Å². The molecule has 36 heavy (non-hydrogen) atoms. The van der Waals surface area contributed by atoms with Gasteiger partial charge >= 0.3 is 0 Å². The van der Waals surface area contributed by atoms with E-state index in [1.54, 1.807) is 23.5 Å². The number of nitrogens with zero attached hydrogens (tertiary/aromatic N) is 3. The Morgan fingerprint density at radius 2 is 2.03 bits per heavy atom. The zero-order chi connectivity index (χ0) is 26.2. The molecule has 0 fully saturated rings. The third kappa shape index (κ3) is 6.47. The zero-order valence-corrected chi connectivity index (χ0v) is 21.2. The summed E-state index contributed by atoms with van der Waals surface area (Å²) in [4.78, 5) is 23.5. The quantitative estimate of drug-likeness (QED) is 0.304. The van der Waals surface area contributed by atoms with Crippen molar-refractivity contribution in [2.75, 3.05) is 10.2 Å². The molecule has 3 N–H and O–H groups in total. The van der Waals surface area contributed by atoms with Crippen molar-refractivity contribution < 1.29 is 14.3 Å². The molecule has 3 aromatic rings. The molecule has 0 aliphatic heterocycles. The predicted molar refractivity (Wildman–Crippen MR) is 141 cm³/mol. The highest BCUT2D eigenvalue weighted by molar-refractivity contribution is 6.33. The van der Waals surface area contributed by atoms with Crippen LogP contribution in [0.5, 0.6) is 0 Å². The van der Waals surface area contributed by atoms with Crippen LogP contribution in [0.2, 0.25) is 5.02 Å². The van der Waals surface area contributed by atoms with Crippen molar-refractivity contribution in [2.45, 2.75) is 40.3 Å². The van der Waals surface area contributed by atoms with Crippen molar-refractivity contribution in [3.05, 3.63) is 100 Å². The summed E-state index contributed by atoms with van der Waals surface area (Å²) in [6, 6.07) is 9.69. The second-order valence-corrected chi connectivity index (χ2v) is 8.51. The van der Waals surface area contributed by atoms with Crippen LogP contribution in [0.15, 0.2) is 67.1 Å². The number of aromatic nitrogens is 2. The number of anilines is 3. The smallest absolute Gasteiger partial charge is 0.248 e. The molecule has 9 heteroatoms. The Hall–Kier alpha value is -3.75. The van der Waals surface area contributed by atoms with E-state index in [1.807, 2.05) is 39.0 Å². The summed E-state index contributed by atoms with van der Waals surface area (Å²) >= 11 is 6.11. The summed E-state index contributed by atoms with van der Waals surface area (Å²) in [6.45, 7) is 9.72. The van der Waals surface area contributed by atoms with Crippen LogP contribution < -0.4 is 15.5 Å². The first-order chi connectivity index (χ1) is 17.3. The average Bonchev–Trinajstić information content (AvgIpc) is 2.86. The molecule has 0 bridgehead atoms. The van der Waals surface area contributed by atoms with E-state index in [9.17, 15) is 14.3 Å². The number of hydrogen-bond acceptors (Lipinski definition) is 6. The first-order valence-corrected chi connectivity index (χ1v) is 11.8. The third-order valence-electron chi connectivity index (χ3n) is 5.64. The van der Waals surface area contributed by atoms with E-state index in [0.717, 1.165) is 22.3 Å². The van der Waals surface area contributed by atoms with Crippen LogP contribution in [0, 0.1) is 19.7 Å². The Bertz CT molecular complexity index is 1300. The van der Waals surface area contributed by atoms with E-state index in [0.29, 0.717) is 30.0 Å². The second kappa shape index (κ2) is 12.3. The molecular formula is C27H29ClFN5O2. The molecule has 0 saturated heterocycles. The highest BCUT2D eigenvalue weighted by atomic mass is 35.5. The predicted octanol–water partition coefficient (Wildman–Crippen LogP) is 5.68. The summed E-state index contributed by atoms with van der Waals surface area (Å²) in [5.74, 6) is 0.0841. The Morgan fingerprint density at radius 3 is 2.69 bits per heavy atom. The number of nitrogens with one attached hydrogen (secondary N) is 2. The minimum atomic E-state index is -0.445. The number of benzene rings is 2. The first kappa shape index (κ1) is 26.8. The van der Waals surface area contributed by atoms with Crippen LogP contribution >= 0.6 is 11.6 Å². The van der Waals surface area contributed by atoms with Crippen LogP contribution in [0.1, 0.15) is 35.6 Å². The van der Waals surface area contributed by atoms with Crippen molar-refractivity contribution in [1.29, 1.82) is 0 Å². The average molecular weight is 510 g/mol. The van der Waals surface area contributed by atoms with E-state index in [-0.39, 0.29) is 23.5 Å². The molecule has 1 heterocycles. The summed E-state index contributed by atoms with van der Waals surface area (Å²) in [5.41, 5.74) is 4.38. The lowest BCUT2D eigenvalue weighted by Gasteiger charge is -2.19. The number of rotatable bonds is 10. The highest BCUT2D eigenvalue weighted by Gasteiger charge is 2.15. The molecule has 0 spiro atoms. The highest BCUT2D eigenvalue weighted by Crippen LogP contribution is 2.27. The van der Waals surface area contributed by atoms with E-state index < -0.39 is 5.82 Å². The van der Waals surface area contributed by atoms with Crippen molar-refractivity contribution in [3.8, 4) is 0 Å². The number of aliphatic hydroxyl groups excluding tert-OH is 1. The van der Waals surface area contributed by atoms with E-state index >= 15 is 0 Å². The normalized spacial score (nSPS) is 11.2. The molecule has 2 aromatic carbocycles. The van der Waals surface area contributed by atoms with Gasteiger partial charge in [0.1, 0.15) is 11.6 Å². The van der Waals surface area contributed by atoms with Gasteiger partial charge in [-0.2, -0.15) is 4.98 Å². The van der Waals surface area contributed by atoms with Gasteiger partial charge in [-0.15, -0.1) is 0 Å². The van der Waals surface area contributed by atoms with Gasteiger partial charge in [-0.25, -0.2) is 9.37 Å². The lowest BCUT2D eigenvalue weighted by molar-refractivity contribution is -0.117. The molecule has 0 aliphatic rings. The topological polar surface area (TPSA) is 90.4 Å². The molecule has 1 amide bonds. The molecule has 1 aromatic heterocycles. The molecule has 7 nitrogen and oxygen atoms in total. The van der Waals surface area contributed by atoms with Crippen LogP contribution in [-0.4, -0.2) is 21.0 Å². The number of aryl methyl sites for hydroxylation is 2. The molecule has 0 radical (unpaired) electrons. The van der Waals surface area contributed by atoms with E-state index in [4.69, 9.17) is 11.6 Å². The van der Waals surface area contributed by atoms with Crippen molar-refractivity contribution in [1.82, 2.24) is 15.3 Å². The van der Waals surface area contributed by atoms with Crippen LogP contribution in [-0.2, 0) is 17.9 Å². The molecule has 0 unspecified atom stereocenters. The van der Waals surface area contributed by atoms with Crippen LogP contribution in [0.4, 0.5) is 21.8 Å². The fraction of sp³-hybridized carbons (Fsp3) is 0.222. The number of aliphatic hydroxyl groups is 1. The van der Waals surface area contributed by atoms with E-state index in [2.05, 4.69) is 27.2 Å². The number of carbonyl (C=O) groups excluding carboxylic acids is 1. The maximum atomic E-state index is 13.4. The molecular weight excluding hydrogens is 481 g/mol. The fourth-order valence-corrected chi connectivity index (χ4v) is 3.80. The molecule has 188 valence electrons. The number of carbonyl (C=O) groups is 1. The summed E-state index contributed by atoms with van der Waals surface area (Å²) in [6.07, 6.45) is 5.33. The number of hydrogen-bond donors (Lipinski definition) is 3. The third-order valence-corrected chi connectivity index (χ3v) is 5.95. The van der Waals surface area contributed by atoms with Crippen molar-refractivity contribution in [2.24, 2.45) is 0 Å². The van der Waals surface area contributed by atoms with Gasteiger partial charge < -0.3 is 20.6 Å². The maximum Gasteiger partial charge on any atom is 0.248 e. The molecule has 0 saturated carbocycles. The monoisotopic (exact) mass is 509 g/mol. The van der Waals surface area contributed by atoms with Crippen molar-refractivity contribution in [3.63, 3.8) is 0 Å². The Labute approximate surface area is 215 Å². The van der Waals surface area contributed by atoms with Gasteiger partial charge in [0.05, 0.1) is 17.3 Å². The lowest BCUT2D eigenvalue weighted by atomic mass is 10.0. The zero-order valence-electron chi connectivity index (χ0n) is 20.5. The maximum absolute atomic E-state index is 13.4. The minimum Gasteiger partial charge on any atom is -0.392 e. The molecule has 0 aliphatic carbocycles. The molecule has 3 rings (SSSR count). The van der Waals surface area contributed by atoms with E-state index in [1.165, 1.54) is 18.2 Å². The Kier molecular flexibility index (Phi) is 9.16. The van der Waals surface area contributed by atoms with Gasteiger partial charge in [-0.3, -0.25) is 4.79 Å². The van der Waals surface area contributed by atoms with Gasteiger partial charge in [0.25, 0.3) is 0 Å². The SMILES string of the molecule is C=CN(/C=C(\CC)C(=O)NCc1cccc(C)c1CO)c1nc(Nc2ccc(F)cc2Cl)ncc1C. The van der Waals surface area contributed by atoms with Gasteiger partial charge in [-0.1, -0.05) is 43.3 Å². The summed E-state index contributed by atoms with van der Waals surface area (Å²) in [5, 5.41) is 15.8. The van der Waals surface area contributed by atoms with Crippen molar-refractivity contribution >= 4 is 35.0 Å². The largest absolute Gasteiger partial charge is 0.392 e. The van der Waals surface area contributed by atoms with Gasteiger partial charge in [0.2, 0.25) is 11.9 Å². The second-order valence-electron chi connectivity index (χ2n) is 8.10. The summed E-state index contributed by atoms with van der Waals surface area (Å²) in [7, 11) is 0. The van der Waals surface area contributed by atoms with Gasteiger partial charge in [0, 0.05) is 36.3 Å². The first-order valence-electron chi connectivity index (χ1n) is 11.4. The van der Waals surface area contributed by atoms with Crippen LogP contribution in [0.25, 0.3) is 0 Å². The lowest BCUT2D eigenvalue weighted by Crippen LogP contribution is -2.26.